The Morgan fingerprint density at radius 3 is 1.27 bits per heavy atom. The van der Waals surface area contributed by atoms with E-state index in [0.29, 0.717) is 19.3 Å². The van der Waals surface area contributed by atoms with Gasteiger partial charge in [0, 0.05) is 16.2 Å². The Balaban J connectivity index is 2.19. The Morgan fingerprint density at radius 1 is 0.727 bits per heavy atom. The Bertz CT molecular complexity index is 493. The van der Waals surface area contributed by atoms with Crippen LogP contribution in [0.4, 0.5) is 0 Å². The van der Waals surface area contributed by atoms with Crippen molar-refractivity contribution in [2.45, 2.75) is 44.1 Å². The molecule has 0 aromatic rings. The largest absolute Gasteiger partial charge is 0.359 e. The molecule has 22 heavy (non-hydrogen) atoms. The second kappa shape index (κ2) is 5.06. The number of carbonyl (C=O) groups is 3. The smallest absolute Gasteiger partial charge is 0.227 e. The number of alkyl halides is 1. The van der Waals surface area contributed by atoms with Crippen molar-refractivity contribution in [3.63, 3.8) is 0 Å². The van der Waals surface area contributed by atoms with Gasteiger partial charge in [0.2, 0.25) is 15.7 Å². The molecule has 0 amide bonds. The quantitative estimate of drug-likeness (QED) is 0.534. The summed E-state index contributed by atoms with van der Waals surface area (Å²) in [4.78, 5) is 36.4. The lowest BCUT2D eigenvalue weighted by Gasteiger charge is -2.67. The Kier molecular flexibility index (Phi) is 3.90. The lowest BCUT2D eigenvalue weighted by Crippen LogP contribution is -2.68. The third-order valence-corrected chi connectivity index (χ3v) is 6.94. The molecule has 4 bridgehead atoms. The molecule has 0 saturated heterocycles. The minimum Gasteiger partial charge on any atom is -0.359 e. The Labute approximate surface area is 147 Å². The molecule has 122 valence electrons. The molecule has 8 heteroatoms. The van der Waals surface area contributed by atoms with Gasteiger partial charge in [-0.15, -0.1) is 0 Å². The van der Waals surface area contributed by atoms with Gasteiger partial charge in [-0.3, -0.25) is 14.4 Å². The molecule has 0 heterocycles. The zero-order chi connectivity index (χ0) is 16.4. The zero-order valence-corrected chi connectivity index (χ0v) is 14.6. The second-order valence-corrected chi connectivity index (χ2v) is 8.41. The highest BCUT2D eigenvalue weighted by Gasteiger charge is 2.73. The van der Waals surface area contributed by atoms with Crippen molar-refractivity contribution in [1.29, 1.82) is 0 Å². The zero-order valence-electron chi connectivity index (χ0n) is 11.6. The number of rotatable bonds is 5. The molecule has 0 unspecified atom stereocenters. The van der Waals surface area contributed by atoms with Gasteiger partial charge in [-0.2, -0.15) is 0 Å². The summed E-state index contributed by atoms with van der Waals surface area (Å²) < 4.78 is 5.70. The lowest BCUT2D eigenvalue weighted by atomic mass is 9.39. The van der Waals surface area contributed by atoms with E-state index in [4.69, 9.17) is 51.1 Å². The molecule has 0 aromatic heterocycles. The van der Waals surface area contributed by atoms with Gasteiger partial charge in [-0.25, -0.2) is 0 Å². The summed E-state index contributed by atoms with van der Waals surface area (Å²) in [7, 11) is 0. The topological polar surface area (TPSA) is 60.4 Å². The van der Waals surface area contributed by atoms with Crippen LogP contribution in [0.3, 0.4) is 0 Å². The van der Waals surface area contributed by atoms with Crippen molar-refractivity contribution >= 4 is 62.1 Å². The highest BCUT2D eigenvalue weighted by Crippen LogP contribution is 2.73. The van der Waals surface area contributed by atoms with Crippen LogP contribution < -0.4 is 0 Å². The molecule has 4 fully saturated rings. The van der Waals surface area contributed by atoms with Crippen LogP contribution in [0.15, 0.2) is 0 Å². The van der Waals surface area contributed by atoms with Crippen molar-refractivity contribution < 1.29 is 19.1 Å². The van der Waals surface area contributed by atoms with E-state index in [1.54, 1.807) is 0 Å². The molecule has 0 radical (unpaired) electrons. The van der Waals surface area contributed by atoms with Crippen LogP contribution in [0.1, 0.15) is 38.5 Å². The maximum atomic E-state index is 12.1. The average molecular weight is 388 g/mol. The van der Waals surface area contributed by atoms with E-state index >= 15 is 0 Å². The fourth-order valence-electron chi connectivity index (χ4n) is 5.44. The van der Waals surface area contributed by atoms with Crippen molar-refractivity contribution in [1.82, 2.24) is 0 Å². The average Bonchev–Trinajstić information content (AvgIpc) is 2.36. The van der Waals surface area contributed by atoms with E-state index in [1.807, 2.05) is 0 Å². The van der Waals surface area contributed by atoms with E-state index in [0.717, 1.165) is 0 Å². The molecular weight excluding hydrogens is 374 g/mol. The first-order valence-corrected chi connectivity index (χ1v) is 8.60. The Morgan fingerprint density at radius 2 is 1.05 bits per heavy atom. The summed E-state index contributed by atoms with van der Waals surface area (Å²) >= 11 is 23.3. The second-order valence-electron chi connectivity index (χ2n) is 7.16. The molecular formula is C14H14Cl4O4. The van der Waals surface area contributed by atoms with E-state index in [9.17, 15) is 14.4 Å². The van der Waals surface area contributed by atoms with Gasteiger partial charge in [0.1, 0.15) is 6.07 Å². The molecule has 4 nitrogen and oxygen atoms in total. The van der Waals surface area contributed by atoms with Crippen LogP contribution in [0.25, 0.3) is 0 Å². The molecule has 0 atom stereocenters. The van der Waals surface area contributed by atoms with Gasteiger partial charge in [0.05, 0.1) is 5.60 Å². The van der Waals surface area contributed by atoms with Crippen LogP contribution in [0.2, 0.25) is 0 Å². The van der Waals surface area contributed by atoms with Crippen molar-refractivity contribution in [3.8, 4) is 0 Å². The fourth-order valence-corrected chi connectivity index (χ4v) is 6.27. The first-order chi connectivity index (χ1) is 10.1. The monoisotopic (exact) mass is 386 g/mol. The number of carbonyl (C=O) groups excluding carboxylic acids is 3. The molecule has 4 rings (SSSR count). The number of halogens is 4. The maximum Gasteiger partial charge on any atom is 0.227 e. The summed E-state index contributed by atoms with van der Waals surface area (Å²) in [5.41, 5.74) is -3.91. The van der Waals surface area contributed by atoms with Crippen LogP contribution in [-0.4, -0.2) is 27.4 Å². The third kappa shape index (κ3) is 2.18. The van der Waals surface area contributed by atoms with E-state index in [1.165, 1.54) is 0 Å². The van der Waals surface area contributed by atoms with Crippen LogP contribution in [-0.2, 0) is 19.1 Å². The molecule has 0 aliphatic heterocycles. The molecule has 4 aliphatic rings. The first kappa shape index (κ1) is 17.0. The number of hydrogen-bond donors (Lipinski definition) is 0. The minimum absolute atomic E-state index is 0.105. The van der Waals surface area contributed by atoms with E-state index in [-0.39, 0.29) is 25.3 Å². The van der Waals surface area contributed by atoms with Crippen LogP contribution in [0, 0.1) is 16.2 Å². The maximum absolute atomic E-state index is 12.1. The predicted octanol–water partition coefficient (Wildman–Crippen LogP) is 3.57. The van der Waals surface area contributed by atoms with E-state index < -0.39 is 37.6 Å². The summed E-state index contributed by atoms with van der Waals surface area (Å²) in [6, 6.07) is -0.105. The van der Waals surface area contributed by atoms with Gasteiger partial charge in [-0.1, -0.05) is 11.6 Å². The molecule has 4 saturated carbocycles. The standard InChI is InChI=1S/C14H14Cl4O4/c15-7-22-14-4-11(8(16)19)1-12(5-14,9(17)20)3-13(2-11,6-14)10(18)21/h1-7H2. The molecule has 0 N–H and O–H groups in total. The summed E-state index contributed by atoms with van der Waals surface area (Å²) in [6.45, 7) is 0. The highest BCUT2D eigenvalue weighted by molar-refractivity contribution is 6.67. The molecule has 4 aliphatic carbocycles. The number of ether oxygens (including phenoxy) is 1. The van der Waals surface area contributed by atoms with Gasteiger partial charge in [-0.05, 0) is 73.3 Å². The highest BCUT2D eigenvalue weighted by atomic mass is 35.5. The SMILES string of the molecule is O=C(Cl)C12CC3(OCCl)CC(C(=O)Cl)(C1)CC(C(=O)Cl)(C3)C2. The molecule has 0 aromatic carbocycles. The number of hydrogen-bond acceptors (Lipinski definition) is 4. The normalized spacial score (nSPS) is 45.8. The predicted molar refractivity (Wildman–Crippen MR) is 82.1 cm³/mol. The molecule has 0 spiro atoms. The summed E-state index contributed by atoms with van der Waals surface area (Å²) in [6.07, 6.45) is 1.74. The summed E-state index contributed by atoms with van der Waals surface area (Å²) in [5.74, 6) is 0. The minimum atomic E-state index is -1.02. The van der Waals surface area contributed by atoms with Gasteiger partial charge < -0.3 is 4.74 Å². The van der Waals surface area contributed by atoms with Crippen molar-refractivity contribution in [2.24, 2.45) is 16.2 Å². The lowest BCUT2D eigenvalue weighted by molar-refractivity contribution is -0.229. The van der Waals surface area contributed by atoms with E-state index in [2.05, 4.69) is 0 Å². The van der Waals surface area contributed by atoms with Crippen LogP contribution in [0.5, 0.6) is 0 Å². The van der Waals surface area contributed by atoms with Gasteiger partial charge in [0.15, 0.2) is 0 Å². The van der Waals surface area contributed by atoms with Crippen molar-refractivity contribution in [2.75, 3.05) is 6.07 Å². The first-order valence-electron chi connectivity index (χ1n) is 6.93. The third-order valence-electron chi connectivity index (χ3n) is 5.62. The fraction of sp³-hybridized carbons (Fsp3) is 0.786. The Hall–Kier alpha value is 0.130. The van der Waals surface area contributed by atoms with Gasteiger partial charge >= 0.3 is 0 Å². The van der Waals surface area contributed by atoms with Crippen LogP contribution >= 0.6 is 46.4 Å². The van der Waals surface area contributed by atoms with Crippen molar-refractivity contribution in [3.05, 3.63) is 0 Å². The summed E-state index contributed by atoms with van der Waals surface area (Å²) in [5, 5.41) is -1.71. The van der Waals surface area contributed by atoms with Gasteiger partial charge in [0.25, 0.3) is 0 Å².